The first kappa shape index (κ1) is 12.6. The molecule has 0 bridgehead atoms. The van der Waals surface area contributed by atoms with Crippen LogP contribution in [0.25, 0.3) is 0 Å². The molecule has 2 rings (SSSR count). The summed E-state index contributed by atoms with van der Waals surface area (Å²) in [4.78, 5) is 14.1. The van der Waals surface area contributed by atoms with Crippen molar-refractivity contribution >= 4 is 17.3 Å². The quantitative estimate of drug-likeness (QED) is 0.865. The van der Waals surface area contributed by atoms with Crippen molar-refractivity contribution in [1.82, 2.24) is 5.32 Å². The smallest absolute Gasteiger partial charge is 0.311 e. The van der Waals surface area contributed by atoms with Gasteiger partial charge in [-0.1, -0.05) is 6.92 Å². The van der Waals surface area contributed by atoms with Gasteiger partial charge in [-0.25, -0.2) is 0 Å². The highest BCUT2D eigenvalue weighted by atomic mass is 32.1. The summed E-state index contributed by atoms with van der Waals surface area (Å²) >= 11 is 1.75. The first-order chi connectivity index (χ1) is 8.16. The van der Waals surface area contributed by atoms with Crippen LogP contribution in [0.3, 0.4) is 0 Å². The van der Waals surface area contributed by atoms with Gasteiger partial charge in [0.05, 0.1) is 5.41 Å². The van der Waals surface area contributed by atoms with Crippen molar-refractivity contribution < 1.29 is 9.90 Å². The molecule has 0 aromatic carbocycles. The van der Waals surface area contributed by atoms with Gasteiger partial charge >= 0.3 is 5.97 Å². The van der Waals surface area contributed by atoms with Crippen LogP contribution in [0.5, 0.6) is 0 Å². The molecular formula is C13H19NO2S. The average Bonchev–Trinajstić information content (AvgIpc) is 2.77. The molecule has 0 radical (unpaired) electrons. The Bertz CT molecular complexity index is 394. The molecule has 1 unspecified atom stereocenters. The molecule has 2 N–H and O–H groups in total. The molecule has 3 nitrogen and oxygen atoms in total. The summed E-state index contributed by atoms with van der Waals surface area (Å²) in [6.45, 7) is 3.67. The maximum Gasteiger partial charge on any atom is 0.311 e. The van der Waals surface area contributed by atoms with Gasteiger partial charge in [0.25, 0.3) is 0 Å². The first-order valence-electron chi connectivity index (χ1n) is 6.18. The van der Waals surface area contributed by atoms with Crippen molar-refractivity contribution in [2.24, 2.45) is 5.41 Å². The van der Waals surface area contributed by atoms with Crippen LogP contribution in [0, 0.1) is 5.41 Å². The number of carboxylic acids is 1. The molecule has 1 saturated heterocycles. The summed E-state index contributed by atoms with van der Waals surface area (Å²) in [5, 5.41) is 12.7. The lowest BCUT2D eigenvalue weighted by Crippen LogP contribution is -2.46. The van der Waals surface area contributed by atoms with Crippen molar-refractivity contribution in [3.63, 3.8) is 0 Å². The number of piperidine rings is 1. The molecule has 0 amide bonds. The fourth-order valence-corrected chi connectivity index (χ4v) is 3.52. The van der Waals surface area contributed by atoms with Gasteiger partial charge in [-0.15, -0.1) is 11.3 Å². The van der Waals surface area contributed by atoms with Gasteiger partial charge in [0.2, 0.25) is 0 Å². The topological polar surface area (TPSA) is 49.3 Å². The Morgan fingerprint density at radius 2 is 2.29 bits per heavy atom. The predicted molar refractivity (Wildman–Crippen MR) is 69.6 cm³/mol. The van der Waals surface area contributed by atoms with E-state index in [0.29, 0.717) is 13.0 Å². The van der Waals surface area contributed by atoms with Gasteiger partial charge in [0.15, 0.2) is 0 Å². The summed E-state index contributed by atoms with van der Waals surface area (Å²) in [5.74, 6) is -0.656. The Kier molecular flexibility index (Phi) is 3.84. The van der Waals surface area contributed by atoms with Crippen LogP contribution in [0.4, 0.5) is 0 Å². The number of nitrogens with one attached hydrogen (secondary N) is 1. The summed E-state index contributed by atoms with van der Waals surface area (Å²) in [6, 6.07) is 4.20. The summed E-state index contributed by atoms with van der Waals surface area (Å²) in [6.07, 6.45) is 3.44. The number of hydrogen-bond donors (Lipinski definition) is 2. The molecule has 1 aliphatic heterocycles. The van der Waals surface area contributed by atoms with Gasteiger partial charge in [0.1, 0.15) is 0 Å². The lowest BCUT2D eigenvalue weighted by molar-refractivity contribution is -0.150. The van der Waals surface area contributed by atoms with Crippen LogP contribution in [0.2, 0.25) is 0 Å². The van der Waals surface area contributed by atoms with Crippen molar-refractivity contribution in [1.29, 1.82) is 0 Å². The highest BCUT2D eigenvalue weighted by Crippen LogP contribution is 2.33. The second-order valence-electron chi connectivity index (χ2n) is 4.76. The normalized spacial score (nSPS) is 24.8. The average molecular weight is 253 g/mol. The Morgan fingerprint density at radius 3 is 2.82 bits per heavy atom. The predicted octanol–water partition coefficient (Wildman–Crippen LogP) is 2.31. The Labute approximate surface area is 106 Å². The minimum Gasteiger partial charge on any atom is -0.481 e. The first-order valence-corrected chi connectivity index (χ1v) is 7.00. The van der Waals surface area contributed by atoms with Crippen LogP contribution in [-0.4, -0.2) is 24.2 Å². The van der Waals surface area contributed by atoms with Gasteiger partial charge in [0, 0.05) is 16.3 Å². The van der Waals surface area contributed by atoms with E-state index in [1.54, 1.807) is 11.3 Å². The van der Waals surface area contributed by atoms with E-state index >= 15 is 0 Å². The molecule has 17 heavy (non-hydrogen) atoms. The van der Waals surface area contributed by atoms with Gasteiger partial charge in [-0.05, 0) is 44.4 Å². The number of aryl methyl sites for hydroxylation is 1. The van der Waals surface area contributed by atoms with E-state index in [4.69, 9.17) is 0 Å². The van der Waals surface area contributed by atoms with Crippen molar-refractivity contribution in [3.8, 4) is 0 Å². The second-order valence-corrected chi connectivity index (χ2v) is 6.02. The van der Waals surface area contributed by atoms with E-state index in [0.717, 1.165) is 25.8 Å². The second kappa shape index (κ2) is 5.19. The maximum absolute atomic E-state index is 11.5. The molecule has 0 saturated carbocycles. The van der Waals surface area contributed by atoms with Crippen LogP contribution in [0.15, 0.2) is 12.1 Å². The third kappa shape index (κ3) is 2.69. The molecule has 94 valence electrons. The van der Waals surface area contributed by atoms with Crippen LogP contribution < -0.4 is 5.32 Å². The zero-order valence-corrected chi connectivity index (χ0v) is 11.0. The Balaban J connectivity index is 2.14. The minimum atomic E-state index is -0.656. The molecule has 1 fully saturated rings. The van der Waals surface area contributed by atoms with E-state index < -0.39 is 11.4 Å². The molecule has 0 aliphatic carbocycles. The number of carbonyl (C=O) groups is 1. The molecule has 1 atom stereocenters. The molecule has 1 aromatic rings. The van der Waals surface area contributed by atoms with E-state index in [1.165, 1.54) is 9.75 Å². The van der Waals surface area contributed by atoms with Crippen molar-refractivity contribution in [3.05, 3.63) is 21.9 Å². The van der Waals surface area contributed by atoms with E-state index in [2.05, 4.69) is 24.4 Å². The number of hydrogen-bond acceptors (Lipinski definition) is 3. The van der Waals surface area contributed by atoms with Crippen LogP contribution in [-0.2, 0) is 17.6 Å². The summed E-state index contributed by atoms with van der Waals surface area (Å²) in [7, 11) is 0. The fourth-order valence-electron chi connectivity index (χ4n) is 2.42. The molecule has 0 spiro atoms. The maximum atomic E-state index is 11.5. The van der Waals surface area contributed by atoms with Gasteiger partial charge in [-0.3, -0.25) is 4.79 Å². The summed E-state index contributed by atoms with van der Waals surface area (Å²) < 4.78 is 0. The largest absolute Gasteiger partial charge is 0.481 e. The van der Waals surface area contributed by atoms with Gasteiger partial charge < -0.3 is 10.4 Å². The monoisotopic (exact) mass is 253 g/mol. The summed E-state index contributed by atoms with van der Waals surface area (Å²) in [5.41, 5.74) is -0.589. The third-order valence-electron chi connectivity index (χ3n) is 3.50. The van der Waals surface area contributed by atoms with Crippen LogP contribution in [0.1, 0.15) is 29.5 Å². The molecule has 1 aliphatic rings. The van der Waals surface area contributed by atoms with E-state index in [9.17, 15) is 9.90 Å². The zero-order chi connectivity index (χ0) is 12.3. The van der Waals surface area contributed by atoms with E-state index in [1.807, 2.05) is 0 Å². The van der Waals surface area contributed by atoms with Gasteiger partial charge in [-0.2, -0.15) is 0 Å². The molecular weight excluding hydrogens is 234 g/mol. The highest BCUT2D eigenvalue weighted by molar-refractivity contribution is 7.12. The van der Waals surface area contributed by atoms with Crippen molar-refractivity contribution in [2.45, 2.75) is 32.6 Å². The Morgan fingerprint density at radius 1 is 1.53 bits per heavy atom. The van der Waals surface area contributed by atoms with E-state index in [-0.39, 0.29) is 0 Å². The lowest BCUT2D eigenvalue weighted by atomic mass is 9.77. The zero-order valence-electron chi connectivity index (χ0n) is 10.2. The minimum absolute atomic E-state index is 0.589. The molecule has 4 heteroatoms. The SMILES string of the molecule is CCc1ccc(CC2(C(=O)O)CCCNC2)s1. The third-order valence-corrected chi connectivity index (χ3v) is 4.73. The number of rotatable bonds is 4. The standard InChI is InChI=1S/C13H19NO2S/c1-2-10-4-5-11(17-10)8-13(12(15)16)6-3-7-14-9-13/h4-5,14H,2-3,6-9H2,1H3,(H,15,16). The number of carboxylic acid groups (broad SMARTS) is 1. The fraction of sp³-hybridized carbons (Fsp3) is 0.615. The molecule has 1 aromatic heterocycles. The van der Waals surface area contributed by atoms with Crippen LogP contribution >= 0.6 is 11.3 Å². The molecule has 2 heterocycles. The van der Waals surface area contributed by atoms with Crippen molar-refractivity contribution in [2.75, 3.05) is 13.1 Å². The number of thiophene rings is 1. The Hall–Kier alpha value is -0.870. The lowest BCUT2D eigenvalue weighted by Gasteiger charge is -2.33. The highest BCUT2D eigenvalue weighted by Gasteiger charge is 2.40. The number of aliphatic carboxylic acids is 1.